The van der Waals surface area contributed by atoms with Gasteiger partial charge < -0.3 is 4.90 Å². The van der Waals surface area contributed by atoms with Crippen LogP contribution in [0.4, 0.5) is 0 Å². The Morgan fingerprint density at radius 1 is 0.903 bits per heavy atom. The highest BCUT2D eigenvalue weighted by Gasteiger charge is 2.37. The predicted molar refractivity (Wildman–Crippen MR) is 124 cm³/mol. The van der Waals surface area contributed by atoms with Gasteiger partial charge in [0.25, 0.3) is 0 Å². The zero-order valence-corrected chi connectivity index (χ0v) is 18.5. The first-order valence-corrected chi connectivity index (χ1v) is 12.4. The Morgan fingerprint density at radius 2 is 1.45 bits per heavy atom. The molecule has 4 nitrogen and oxygen atoms in total. The molecule has 1 saturated heterocycles. The topological polar surface area (TPSA) is 54.5 Å². The van der Waals surface area contributed by atoms with Gasteiger partial charge in [-0.05, 0) is 30.0 Å². The smallest absolute Gasteiger partial charge is 0.235 e. The highest BCUT2D eigenvalue weighted by molar-refractivity contribution is 7.91. The van der Waals surface area contributed by atoms with Crippen LogP contribution in [0.1, 0.15) is 34.6 Å². The van der Waals surface area contributed by atoms with Crippen LogP contribution in [0.5, 0.6) is 0 Å². The Hall–Kier alpha value is -2.92. The molecule has 1 fully saturated rings. The number of sulfone groups is 1. The number of benzene rings is 3. The van der Waals surface area contributed by atoms with Crippen LogP contribution in [0.3, 0.4) is 0 Å². The maximum absolute atomic E-state index is 14.0. The maximum Gasteiger partial charge on any atom is 0.235 e. The Labute approximate surface area is 184 Å². The van der Waals surface area contributed by atoms with Crippen LogP contribution in [0.15, 0.2) is 84.9 Å². The second-order valence-corrected chi connectivity index (χ2v) is 10.5. The minimum absolute atomic E-state index is 0.0287. The van der Waals surface area contributed by atoms with Crippen LogP contribution in [-0.2, 0) is 21.2 Å². The Balaban J connectivity index is 1.74. The summed E-state index contributed by atoms with van der Waals surface area (Å²) in [6.45, 7) is 2.42. The Bertz CT molecular complexity index is 1090. The number of aryl methyl sites for hydroxylation is 1. The van der Waals surface area contributed by atoms with Gasteiger partial charge in [-0.15, -0.1) is 0 Å². The molecule has 0 saturated carbocycles. The molecule has 4 rings (SSSR count). The molecule has 0 spiro atoms. The number of hydrogen-bond acceptors (Lipinski definition) is 3. The first-order valence-electron chi connectivity index (χ1n) is 10.6. The summed E-state index contributed by atoms with van der Waals surface area (Å²) in [4.78, 5) is 15.8. The van der Waals surface area contributed by atoms with E-state index in [9.17, 15) is 13.2 Å². The van der Waals surface area contributed by atoms with Crippen molar-refractivity contribution in [2.45, 2.75) is 31.8 Å². The standard InChI is InChI=1S/C26H27NO3S/c1-20-12-14-21(15-13-20)18-27(24-16-17-31(29,30)19-24)26(28)25(22-8-4-2-5-9-22)23-10-6-3-7-11-23/h2-15,24-25H,16-19H2,1H3/t24-/m0/s1. The van der Waals surface area contributed by atoms with Gasteiger partial charge in [-0.25, -0.2) is 8.42 Å². The zero-order valence-electron chi connectivity index (χ0n) is 17.6. The van der Waals surface area contributed by atoms with E-state index < -0.39 is 15.8 Å². The van der Waals surface area contributed by atoms with E-state index in [2.05, 4.69) is 0 Å². The Kier molecular flexibility index (Phi) is 6.23. The molecule has 3 aromatic carbocycles. The molecule has 0 bridgehead atoms. The normalized spacial score (nSPS) is 17.5. The summed E-state index contributed by atoms with van der Waals surface area (Å²) in [5, 5.41) is 0. The van der Waals surface area contributed by atoms with E-state index in [1.54, 1.807) is 4.90 Å². The van der Waals surface area contributed by atoms with Crippen LogP contribution in [0, 0.1) is 6.92 Å². The lowest BCUT2D eigenvalue weighted by molar-refractivity contribution is -0.134. The first-order chi connectivity index (χ1) is 14.9. The molecule has 1 amide bonds. The van der Waals surface area contributed by atoms with Crippen molar-refractivity contribution in [2.75, 3.05) is 11.5 Å². The summed E-state index contributed by atoms with van der Waals surface area (Å²) in [7, 11) is -3.12. The number of rotatable bonds is 6. The molecule has 160 valence electrons. The molecule has 5 heteroatoms. The quantitative estimate of drug-likeness (QED) is 0.581. The number of carbonyl (C=O) groups excluding carboxylic acids is 1. The number of carbonyl (C=O) groups is 1. The van der Waals surface area contributed by atoms with Gasteiger partial charge in [-0.1, -0.05) is 90.5 Å². The Morgan fingerprint density at radius 3 is 1.94 bits per heavy atom. The van der Waals surface area contributed by atoms with Crippen molar-refractivity contribution in [3.8, 4) is 0 Å². The van der Waals surface area contributed by atoms with E-state index in [1.165, 1.54) is 0 Å². The third-order valence-electron chi connectivity index (χ3n) is 5.92. The molecule has 1 atom stereocenters. The molecule has 0 unspecified atom stereocenters. The maximum atomic E-state index is 14.0. The molecule has 1 aliphatic rings. The zero-order chi connectivity index (χ0) is 21.8. The van der Waals surface area contributed by atoms with E-state index in [0.29, 0.717) is 13.0 Å². The fourth-order valence-electron chi connectivity index (χ4n) is 4.23. The highest BCUT2D eigenvalue weighted by Crippen LogP contribution is 2.30. The van der Waals surface area contributed by atoms with Crippen LogP contribution in [0.2, 0.25) is 0 Å². The molecular formula is C26H27NO3S. The van der Waals surface area contributed by atoms with Crippen molar-refractivity contribution in [1.82, 2.24) is 4.90 Å². The van der Waals surface area contributed by atoms with Gasteiger partial charge in [-0.2, -0.15) is 0 Å². The van der Waals surface area contributed by atoms with E-state index in [1.807, 2.05) is 91.9 Å². The summed E-state index contributed by atoms with van der Waals surface area (Å²) in [5.74, 6) is -0.367. The summed E-state index contributed by atoms with van der Waals surface area (Å²) in [6.07, 6.45) is 0.482. The number of nitrogens with zero attached hydrogens (tertiary/aromatic N) is 1. The van der Waals surface area contributed by atoms with Gasteiger partial charge in [0.2, 0.25) is 5.91 Å². The molecule has 0 radical (unpaired) electrons. The van der Waals surface area contributed by atoms with E-state index in [4.69, 9.17) is 0 Å². The van der Waals surface area contributed by atoms with Gasteiger partial charge in [-0.3, -0.25) is 4.79 Å². The second-order valence-electron chi connectivity index (χ2n) is 8.26. The molecule has 3 aromatic rings. The highest BCUT2D eigenvalue weighted by atomic mass is 32.2. The predicted octanol–water partition coefficient (Wildman–Crippen LogP) is 4.34. The van der Waals surface area contributed by atoms with Gasteiger partial charge in [0.05, 0.1) is 17.4 Å². The minimum atomic E-state index is -3.12. The summed E-state index contributed by atoms with van der Waals surface area (Å²) in [6, 6.07) is 27.2. The van der Waals surface area contributed by atoms with Crippen molar-refractivity contribution in [3.63, 3.8) is 0 Å². The van der Waals surface area contributed by atoms with Crippen molar-refractivity contribution in [3.05, 3.63) is 107 Å². The lowest BCUT2D eigenvalue weighted by Gasteiger charge is -2.32. The van der Waals surface area contributed by atoms with E-state index in [-0.39, 0.29) is 23.5 Å². The summed E-state index contributed by atoms with van der Waals surface area (Å²) in [5.41, 5.74) is 3.97. The van der Waals surface area contributed by atoms with Crippen LogP contribution in [0.25, 0.3) is 0 Å². The minimum Gasteiger partial charge on any atom is -0.334 e. The first kappa shape index (κ1) is 21.3. The third kappa shape index (κ3) is 5.05. The molecule has 1 heterocycles. The lowest BCUT2D eigenvalue weighted by atomic mass is 9.89. The molecule has 0 aliphatic carbocycles. The van der Waals surface area contributed by atoms with E-state index >= 15 is 0 Å². The molecule has 1 aliphatic heterocycles. The van der Waals surface area contributed by atoms with Gasteiger partial charge >= 0.3 is 0 Å². The van der Waals surface area contributed by atoms with Crippen LogP contribution >= 0.6 is 0 Å². The fourth-order valence-corrected chi connectivity index (χ4v) is 5.96. The van der Waals surface area contributed by atoms with Crippen molar-refractivity contribution >= 4 is 15.7 Å². The summed E-state index contributed by atoms with van der Waals surface area (Å²) < 4.78 is 24.5. The molecular weight excluding hydrogens is 406 g/mol. The second kappa shape index (κ2) is 9.06. The van der Waals surface area contributed by atoms with Gasteiger partial charge in [0, 0.05) is 12.6 Å². The summed E-state index contributed by atoms with van der Waals surface area (Å²) >= 11 is 0. The largest absolute Gasteiger partial charge is 0.334 e. The average Bonchev–Trinajstić information content (AvgIpc) is 3.14. The average molecular weight is 434 g/mol. The van der Waals surface area contributed by atoms with Gasteiger partial charge in [0.15, 0.2) is 9.84 Å². The van der Waals surface area contributed by atoms with E-state index in [0.717, 1.165) is 22.3 Å². The van der Waals surface area contributed by atoms with Crippen molar-refractivity contribution in [1.29, 1.82) is 0 Å². The van der Waals surface area contributed by atoms with Gasteiger partial charge in [0.1, 0.15) is 0 Å². The molecule has 0 aromatic heterocycles. The SMILES string of the molecule is Cc1ccc(CN(C(=O)C(c2ccccc2)c2ccccc2)[C@H]2CCS(=O)(=O)C2)cc1. The third-order valence-corrected chi connectivity index (χ3v) is 7.67. The number of amides is 1. The number of hydrogen-bond donors (Lipinski definition) is 0. The van der Waals surface area contributed by atoms with Crippen molar-refractivity contribution in [2.24, 2.45) is 0 Å². The molecule has 31 heavy (non-hydrogen) atoms. The monoisotopic (exact) mass is 433 g/mol. The molecule has 0 N–H and O–H groups in total. The van der Waals surface area contributed by atoms with Crippen molar-refractivity contribution < 1.29 is 13.2 Å². The van der Waals surface area contributed by atoms with Crippen LogP contribution < -0.4 is 0 Å². The lowest BCUT2D eigenvalue weighted by Crippen LogP contribution is -2.43. The van der Waals surface area contributed by atoms with Crippen LogP contribution in [-0.4, -0.2) is 36.8 Å². The fraction of sp³-hybridized carbons (Fsp3) is 0.269.